The van der Waals surface area contributed by atoms with Crippen molar-refractivity contribution >= 4 is 11.9 Å². The first-order chi connectivity index (χ1) is 10.0. The predicted molar refractivity (Wildman–Crippen MR) is 78.6 cm³/mol. The molecular weight excluding hydrogens is 273 g/mol. The lowest BCUT2D eigenvalue weighted by atomic mass is 10.1. The maximum atomic E-state index is 13.3. The molecule has 0 spiro atoms. The van der Waals surface area contributed by atoms with Crippen molar-refractivity contribution < 1.29 is 14.0 Å². The first-order valence-corrected chi connectivity index (χ1v) is 6.45. The molecule has 0 radical (unpaired) electrons. The molecule has 112 valence electrons. The van der Waals surface area contributed by atoms with Crippen LogP contribution in [-0.4, -0.2) is 31.6 Å². The molecule has 0 fully saturated rings. The second-order valence-corrected chi connectivity index (χ2v) is 4.26. The Morgan fingerprint density at radius 2 is 2.00 bits per heavy atom. The van der Waals surface area contributed by atoms with E-state index in [1.54, 1.807) is 25.1 Å². The summed E-state index contributed by atoms with van der Waals surface area (Å²) in [7, 11) is 0. The highest BCUT2D eigenvalue weighted by atomic mass is 19.1. The number of nitrogens with one attached hydrogen (secondary N) is 3. The summed E-state index contributed by atoms with van der Waals surface area (Å²) < 4.78 is 13.3. The van der Waals surface area contributed by atoms with E-state index in [4.69, 9.17) is 0 Å². The summed E-state index contributed by atoms with van der Waals surface area (Å²) in [5.41, 5.74) is 3.26. The summed E-state index contributed by atoms with van der Waals surface area (Å²) >= 11 is 0. The van der Waals surface area contributed by atoms with Gasteiger partial charge >= 0.3 is 6.03 Å². The number of aryl methyl sites for hydroxylation is 1. The molecular formula is C15H18FN3O2. The lowest BCUT2D eigenvalue weighted by Gasteiger charge is -2.08. The summed E-state index contributed by atoms with van der Waals surface area (Å²) in [6.45, 7) is 5.85. The number of hydrogen-bond acceptors (Lipinski definition) is 2. The smallest absolute Gasteiger partial charge is 0.315 e. The van der Waals surface area contributed by atoms with Crippen LogP contribution in [0.1, 0.15) is 15.9 Å². The third kappa shape index (κ3) is 5.93. The quantitative estimate of drug-likeness (QED) is 0.549. The monoisotopic (exact) mass is 291 g/mol. The number of rotatable bonds is 6. The van der Waals surface area contributed by atoms with E-state index in [0.717, 1.165) is 0 Å². The maximum absolute atomic E-state index is 13.3. The van der Waals surface area contributed by atoms with Gasteiger partial charge in [-0.25, -0.2) is 9.18 Å². The van der Waals surface area contributed by atoms with Gasteiger partial charge in [-0.2, -0.15) is 0 Å². The third-order valence-electron chi connectivity index (χ3n) is 2.64. The summed E-state index contributed by atoms with van der Waals surface area (Å²) in [4.78, 5) is 23.0. The largest absolute Gasteiger partial charge is 0.350 e. The minimum absolute atomic E-state index is 0.249. The van der Waals surface area contributed by atoms with Gasteiger partial charge in [0, 0.05) is 25.2 Å². The van der Waals surface area contributed by atoms with Gasteiger partial charge in [-0.05, 0) is 30.7 Å². The van der Waals surface area contributed by atoms with Gasteiger partial charge in [-0.15, -0.1) is 5.73 Å². The van der Waals surface area contributed by atoms with Crippen LogP contribution >= 0.6 is 0 Å². The lowest BCUT2D eigenvalue weighted by Crippen LogP contribution is -2.40. The molecule has 3 N–H and O–H groups in total. The van der Waals surface area contributed by atoms with Crippen molar-refractivity contribution in [1.29, 1.82) is 0 Å². The van der Waals surface area contributed by atoms with Gasteiger partial charge in [0.25, 0.3) is 5.91 Å². The number of hydrogen-bond donors (Lipinski definition) is 3. The molecule has 5 nitrogen and oxygen atoms in total. The molecule has 0 unspecified atom stereocenters. The fourth-order valence-electron chi connectivity index (χ4n) is 1.47. The normalized spacial score (nSPS) is 9.43. The van der Waals surface area contributed by atoms with Crippen molar-refractivity contribution in [3.8, 4) is 0 Å². The average Bonchev–Trinajstić information content (AvgIpc) is 2.46. The van der Waals surface area contributed by atoms with Crippen molar-refractivity contribution in [2.75, 3.05) is 19.6 Å². The highest BCUT2D eigenvalue weighted by Crippen LogP contribution is 2.08. The fourth-order valence-corrected chi connectivity index (χ4v) is 1.47. The van der Waals surface area contributed by atoms with Crippen LogP contribution in [0.3, 0.4) is 0 Å². The topological polar surface area (TPSA) is 70.2 Å². The minimum Gasteiger partial charge on any atom is -0.350 e. The van der Waals surface area contributed by atoms with Gasteiger partial charge in [-0.1, -0.05) is 12.6 Å². The van der Waals surface area contributed by atoms with Gasteiger partial charge in [0.15, 0.2) is 0 Å². The summed E-state index contributed by atoms with van der Waals surface area (Å²) in [5, 5.41) is 7.70. The Kier molecular flexibility index (Phi) is 6.71. The predicted octanol–water partition coefficient (Wildman–Crippen LogP) is 1.50. The first-order valence-electron chi connectivity index (χ1n) is 6.45. The van der Waals surface area contributed by atoms with Crippen LogP contribution in [0.2, 0.25) is 0 Å². The molecule has 1 aromatic rings. The van der Waals surface area contributed by atoms with Gasteiger partial charge in [0.05, 0.1) is 0 Å². The van der Waals surface area contributed by atoms with E-state index in [1.165, 1.54) is 6.07 Å². The first kappa shape index (κ1) is 16.5. The summed E-state index contributed by atoms with van der Waals surface area (Å²) in [6.07, 6.45) is 1.58. The van der Waals surface area contributed by atoms with Gasteiger partial charge in [0.1, 0.15) is 5.82 Å². The zero-order valence-electron chi connectivity index (χ0n) is 11.8. The van der Waals surface area contributed by atoms with E-state index in [0.29, 0.717) is 12.1 Å². The SMILES string of the molecule is C=C=CCNC(=O)NCCNC(=O)c1ccc(C)c(F)c1. The molecule has 6 heteroatoms. The molecule has 21 heavy (non-hydrogen) atoms. The molecule has 1 rings (SSSR count). The van der Waals surface area contributed by atoms with Gasteiger partial charge in [0.2, 0.25) is 0 Å². The van der Waals surface area contributed by atoms with Crippen molar-refractivity contribution in [3.63, 3.8) is 0 Å². The van der Waals surface area contributed by atoms with Crippen molar-refractivity contribution in [1.82, 2.24) is 16.0 Å². The standard InChI is InChI=1S/C15H18FN3O2/c1-3-4-7-18-15(21)19-9-8-17-14(20)12-6-5-11(2)13(16)10-12/h4-6,10H,1,7-9H2,2H3,(H,17,20)(H2,18,19,21). The van der Waals surface area contributed by atoms with Gasteiger partial charge in [-0.3, -0.25) is 4.79 Å². The molecule has 0 aromatic heterocycles. The molecule has 0 saturated heterocycles. The Morgan fingerprint density at radius 1 is 1.29 bits per heavy atom. The van der Waals surface area contributed by atoms with Crippen molar-refractivity contribution in [2.45, 2.75) is 6.92 Å². The Bertz CT molecular complexity index is 566. The van der Waals surface area contributed by atoms with Crippen LogP contribution in [0, 0.1) is 12.7 Å². The summed E-state index contributed by atoms with van der Waals surface area (Å²) in [5.74, 6) is -0.805. The third-order valence-corrected chi connectivity index (χ3v) is 2.64. The molecule has 0 heterocycles. The molecule has 0 atom stereocenters. The molecule has 1 aromatic carbocycles. The zero-order valence-corrected chi connectivity index (χ0v) is 11.8. The summed E-state index contributed by atoms with van der Waals surface area (Å²) in [6, 6.07) is 3.93. The second kappa shape index (κ2) is 8.55. The van der Waals surface area contributed by atoms with Crippen LogP contribution in [-0.2, 0) is 0 Å². The Labute approximate surface area is 122 Å². The van der Waals surface area contributed by atoms with E-state index in [1.807, 2.05) is 0 Å². The van der Waals surface area contributed by atoms with Crippen LogP contribution < -0.4 is 16.0 Å². The number of amides is 3. The second-order valence-electron chi connectivity index (χ2n) is 4.26. The molecule has 0 saturated carbocycles. The molecule has 0 aliphatic carbocycles. The van der Waals surface area contributed by atoms with Crippen LogP contribution in [0.25, 0.3) is 0 Å². The average molecular weight is 291 g/mol. The number of benzene rings is 1. The van der Waals surface area contributed by atoms with Gasteiger partial charge < -0.3 is 16.0 Å². The van der Waals surface area contributed by atoms with E-state index in [2.05, 4.69) is 28.3 Å². The number of urea groups is 1. The number of halogens is 1. The molecule has 0 bridgehead atoms. The number of carbonyl (C=O) groups is 2. The van der Waals surface area contributed by atoms with E-state index in [-0.39, 0.29) is 30.6 Å². The molecule has 3 amide bonds. The van der Waals surface area contributed by atoms with Crippen molar-refractivity contribution in [2.24, 2.45) is 0 Å². The van der Waals surface area contributed by atoms with E-state index >= 15 is 0 Å². The van der Waals surface area contributed by atoms with Crippen LogP contribution in [0.4, 0.5) is 9.18 Å². The highest BCUT2D eigenvalue weighted by molar-refractivity contribution is 5.94. The van der Waals surface area contributed by atoms with Crippen molar-refractivity contribution in [3.05, 3.63) is 53.5 Å². The minimum atomic E-state index is -0.421. The Morgan fingerprint density at radius 3 is 2.67 bits per heavy atom. The van der Waals surface area contributed by atoms with Crippen LogP contribution in [0.5, 0.6) is 0 Å². The Hall–Kier alpha value is -2.59. The highest BCUT2D eigenvalue weighted by Gasteiger charge is 2.07. The van der Waals surface area contributed by atoms with E-state index < -0.39 is 5.82 Å². The lowest BCUT2D eigenvalue weighted by molar-refractivity contribution is 0.0953. The maximum Gasteiger partial charge on any atom is 0.315 e. The van der Waals surface area contributed by atoms with Crippen LogP contribution in [0.15, 0.2) is 36.6 Å². The zero-order chi connectivity index (χ0) is 15.7. The molecule has 0 aliphatic heterocycles. The van der Waals surface area contributed by atoms with E-state index in [9.17, 15) is 14.0 Å². The molecule has 0 aliphatic rings. The fraction of sp³-hybridized carbons (Fsp3) is 0.267. The Balaban J connectivity index is 2.29. The number of carbonyl (C=O) groups excluding carboxylic acids is 2.